The largest absolute Gasteiger partial charge is 0.478 e. The van der Waals surface area contributed by atoms with Crippen molar-refractivity contribution in [3.05, 3.63) is 28.8 Å². The van der Waals surface area contributed by atoms with Crippen LogP contribution in [-0.2, 0) is 20.4 Å². The van der Waals surface area contributed by atoms with Crippen molar-refractivity contribution in [1.82, 2.24) is 0 Å². The molecule has 0 bridgehead atoms. The number of carboxylic acid groups (broad SMARTS) is 1. The van der Waals surface area contributed by atoms with E-state index in [1.54, 1.807) is 6.07 Å². The Balaban J connectivity index is 1.93. The minimum absolute atomic E-state index is 0.347. The van der Waals surface area contributed by atoms with E-state index in [9.17, 15) is 9.90 Å². The molecule has 6 nitrogen and oxygen atoms in total. The molecule has 2 fully saturated rings. The van der Waals surface area contributed by atoms with Crippen molar-refractivity contribution in [3.63, 3.8) is 0 Å². The Labute approximate surface area is 174 Å². The molecule has 3 rings (SSSR count). The summed E-state index contributed by atoms with van der Waals surface area (Å²) in [5.74, 6) is -0.900. The van der Waals surface area contributed by atoms with Gasteiger partial charge >= 0.3 is 13.1 Å². The second kappa shape index (κ2) is 8.28. The van der Waals surface area contributed by atoms with Gasteiger partial charge in [0.05, 0.1) is 16.8 Å². The monoisotopic (exact) mass is 403 g/mol. The fourth-order valence-electron chi connectivity index (χ4n) is 4.26. The second-order valence-corrected chi connectivity index (χ2v) is 9.11. The molecule has 0 unspecified atom stereocenters. The van der Waals surface area contributed by atoms with E-state index in [1.165, 1.54) is 0 Å². The van der Waals surface area contributed by atoms with Crippen molar-refractivity contribution >= 4 is 18.8 Å². The quantitative estimate of drug-likeness (QED) is 0.728. The van der Waals surface area contributed by atoms with Crippen LogP contribution in [0.5, 0.6) is 0 Å². The lowest BCUT2D eigenvalue weighted by Crippen LogP contribution is -2.41. The van der Waals surface area contributed by atoms with E-state index in [1.807, 2.05) is 34.6 Å². The highest BCUT2D eigenvalue weighted by molar-refractivity contribution is 6.45. The summed E-state index contributed by atoms with van der Waals surface area (Å²) in [6.45, 7) is 14.5. The van der Waals surface area contributed by atoms with Crippen molar-refractivity contribution < 1.29 is 23.9 Å². The molecule has 1 N–H and O–H groups in total. The Morgan fingerprint density at radius 2 is 1.76 bits per heavy atom. The lowest BCUT2D eigenvalue weighted by Gasteiger charge is -2.36. The maximum atomic E-state index is 12.0. The summed E-state index contributed by atoms with van der Waals surface area (Å²) < 4.78 is 17.8. The van der Waals surface area contributed by atoms with E-state index in [4.69, 9.17) is 14.0 Å². The Morgan fingerprint density at radius 1 is 1.17 bits per heavy atom. The van der Waals surface area contributed by atoms with Gasteiger partial charge in [-0.25, -0.2) is 4.79 Å². The molecular formula is C22H34BNO5. The first kappa shape index (κ1) is 22.1. The Kier molecular flexibility index (Phi) is 6.32. The van der Waals surface area contributed by atoms with Gasteiger partial charge in [-0.3, -0.25) is 0 Å². The average molecular weight is 403 g/mol. The first-order valence-electron chi connectivity index (χ1n) is 10.6. The van der Waals surface area contributed by atoms with Gasteiger partial charge in [0.15, 0.2) is 0 Å². The van der Waals surface area contributed by atoms with Crippen LogP contribution in [-0.4, -0.2) is 55.2 Å². The average Bonchev–Trinajstić information content (AvgIpc) is 2.85. The summed E-state index contributed by atoms with van der Waals surface area (Å²) in [6.07, 6.45) is 2.43. The molecule has 0 spiro atoms. The van der Waals surface area contributed by atoms with Crippen molar-refractivity contribution in [2.75, 3.05) is 24.7 Å². The number of aromatic carboxylic acids is 1. The SMILES string of the molecule is CCN(c1cc(CB2OC(C)(C)C(C)(C)O2)cc(C(=O)O)c1C)C1CCOCC1. The summed E-state index contributed by atoms with van der Waals surface area (Å²) in [5.41, 5.74) is 2.26. The number of anilines is 1. The molecule has 0 saturated carbocycles. The van der Waals surface area contributed by atoms with Crippen molar-refractivity contribution in [1.29, 1.82) is 0 Å². The van der Waals surface area contributed by atoms with E-state index in [-0.39, 0.29) is 0 Å². The highest BCUT2D eigenvalue weighted by Crippen LogP contribution is 2.38. The summed E-state index contributed by atoms with van der Waals surface area (Å²) in [7, 11) is -0.393. The molecule has 0 atom stereocenters. The highest BCUT2D eigenvalue weighted by atomic mass is 16.7. The summed E-state index contributed by atoms with van der Waals surface area (Å²) >= 11 is 0. The number of ether oxygens (including phenoxy) is 1. The number of hydrogen-bond acceptors (Lipinski definition) is 5. The number of benzene rings is 1. The molecule has 2 saturated heterocycles. The lowest BCUT2D eigenvalue weighted by atomic mass is 9.79. The Morgan fingerprint density at radius 3 is 2.28 bits per heavy atom. The van der Waals surface area contributed by atoms with Crippen LogP contribution in [0.3, 0.4) is 0 Å². The molecule has 1 aromatic rings. The first-order valence-corrected chi connectivity index (χ1v) is 10.6. The number of carbonyl (C=O) groups is 1. The highest BCUT2D eigenvalue weighted by Gasteiger charge is 2.50. The Bertz CT molecular complexity index is 742. The van der Waals surface area contributed by atoms with Gasteiger partial charge in [-0.1, -0.05) is 0 Å². The van der Waals surface area contributed by atoms with Crippen LogP contribution in [0.2, 0.25) is 0 Å². The van der Waals surface area contributed by atoms with Crippen molar-refractivity contribution in [2.45, 2.75) is 77.9 Å². The summed E-state index contributed by atoms with van der Waals surface area (Å²) in [5, 5.41) is 9.81. The molecule has 2 heterocycles. The maximum absolute atomic E-state index is 12.0. The molecule has 2 aliphatic rings. The number of rotatable bonds is 6. The predicted molar refractivity (Wildman–Crippen MR) is 115 cm³/mol. The third kappa shape index (κ3) is 4.47. The molecule has 1 aromatic carbocycles. The molecule has 0 aromatic heterocycles. The standard InChI is InChI=1S/C22H34BNO5/c1-7-24(17-8-10-27-11-9-17)19-13-16(12-18(15(19)2)20(25)26)14-23-28-21(3,4)22(5,6)29-23/h12-13,17H,7-11,14H2,1-6H3,(H,25,26). The Hall–Kier alpha value is -1.57. The van der Waals surface area contributed by atoms with Crippen molar-refractivity contribution in [3.8, 4) is 0 Å². The van der Waals surface area contributed by atoms with E-state index >= 15 is 0 Å². The molecule has 0 radical (unpaired) electrons. The molecule has 0 aliphatic carbocycles. The van der Waals surface area contributed by atoms with Crippen LogP contribution in [0.25, 0.3) is 0 Å². The fourth-order valence-corrected chi connectivity index (χ4v) is 4.26. The summed E-state index contributed by atoms with van der Waals surface area (Å²) in [6, 6.07) is 4.25. The fraction of sp³-hybridized carbons (Fsp3) is 0.682. The lowest BCUT2D eigenvalue weighted by molar-refractivity contribution is 0.00578. The van der Waals surface area contributed by atoms with Crippen LogP contribution in [0.1, 0.15) is 68.9 Å². The third-order valence-corrected chi connectivity index (χ3v) is 6.66. The molecule has 0 amide bonds. The third-order valence-electron chi connectivity index (χ3n) is 6.66. The van der Waals surface area contributed by atoms with Gasteiger partial charge in [-0.05, 0) is 77.6 Å². The van der Waals surface area contributed by atoms with Gasteiger partial charge in [0, 0.05) is 37.8 Å². The number of hydrogen-bond donors (Lipinski definition) is 1. The zero-order valence-electron chi connectivity index (χ0n) is 18.6. The van der Waals surface area contributed by atoms with Gasteiger partial charge in [-0.15, -0.1) is 0 Å². The van der Waals surface area contributed by atoms with Gasteiger partial charge < -0.3 is 24.1 Å². The minimum atomic E-state index is -0.900. The van der Waals surface area contributed by atoms with E-state index < -0.39 is 24.3 Å². The van der Waals surface area contributed by atoms with Gasteiger partial charge in [0.25, 0.3) is 0 Å². The topological polar surface area (TPSA) is 68.2 Å². The second-order valence-electron chi connectivity index (χ2n) is 9.11. The van der Waals surface area contributed by atoms with Gasteiger partial charge in [-0.2, -0.15) is 0 Å². The van der Waals surface area contributed by atoms with E-state index in [2.05, 4.69) is 17.9 Å². The molecule has 2 aliphatic heterocycles. The van der Waals surface area contributed by atoms with Crippen molar-refractivity contribution in [2.24, 2.45) is 0 Å². The number of nitrogens with zero attached hydrogens (tertiary/aromatic N) is 1. The van der Waals surface area contributed by atoms with E-state index in [0.29, 0.717) is 17.9 Å². The minimum Gasteiger partial charge on any atom is -0.478 e. The molecular weight excluding hydrogens is 369 g/mol. The molecule has 7 heteroatoms. The predicted octanol–water partition coefficient (Wildman–Crippen LogP) is 3.87. The van der Waals surface area contributed by atoms with Crippen LogP contribution in [0, 0.1) is 6.92 Å². The molecule has 29 heavy (non-hydrogen) atoms. The van der Waals surface area contributed by atoms with Crippen LogP contribution in [0.15, 0.2) is 12.1 Å². The zero-order valence-corrected chi connectivity index (χ0v) is 18.6. The molecule has 160 valence electrons. The first-order chi connectivity index (χ1) is 13.6. The smallest absolute Gasteiger partial charge is 0.462 e. The van der Waals surface area contributed by atoms with E-state index in [0.717, 1.165) is 49.4 Å². The van der Waals surface area contributed by atoms with Crippen LogP contribution >= 0.6 is 0 Å². The number of carboxylic acids is 1. The van der Waals surface area contributed by atoms with Gasteiger partial charge in [0.2, 0.25) is 0 Å². The van der Waals surface area contributed by atoms with Crippen LogP contribution in [0.4, 0.5) is 5.69 Å². The van der Waals surface area contributed by atoms with Gasteiger partial charge in [0.1, 0.15) is 0 Å². The maximum Gasteiger partial charge on any atom is 0.462 e. The normalized spacial score (nSPS) is 21.4. The zero-order chi connectivity index (χ0) is 21.4. The summed E-state index contributed by atoms with van der Waals surface area (Å²) in [4.78, 5) is 14.3. The van der Waals surface area contributed by atoms with Crippen LogP contribution < -0.4 is 4.90 Å².